The Balaban J connectivity index is 1.18. The first-order valence-electron chi connectivity index (χ1n) is 14.2. The fraction of sp³-hybridized carbons (Fsp3) is 0.419. The number of carbonyl (C=O) groups is 1. The van der Waals surface area contributed by atoms with Gasteiger partial charge in [-0.1, -0.05) is 28.4 Å². The fourth-order valence-electron chi connectivity index (χ4n) is 7.02. The topological polar surface area (TPSA) is 98.3 Å². The molecule has 2 bridgehead atoms. The summed E-state index contributed by atoms with van der Waals surface area (Å²) in [7, 11) is 0. The Morgan fingerprint density at radius 2 is 1.74 bits per heavy atom. The van der Waals surface area contributed by atoms with Crippen LogP contribution in [-0.2, 0) is 22.9 Å². The number of benzene rings is 1. The van der Waals surface area contributed by atoms with Gasteiger partial charge in [0.15, 0.2) is 0 Å². The quantitative estimate of drug-likeness (QED) is 0.218. The van der Waals surface area contributed by atoms with Gasteiger partial charge in [-0.05, 0) is 80.5 Å². The van der Waals surface area contributed by atoms with Crippen LogP contribution >= 0.6 is 23.2 Å². The van der Waals surface area contributed by atoms with E-state index in [2.05, 4.69) is 15.1 Å². The van der Waals surface area contributed by atoms with Crippen molar-refractivity contribution in [2.45, 2.75) is 81.1 Å². The van der Waals surface area contributed by atoms with Gasteiger partial charge in [-0.3, -0.25) is 9.97 Å². The van der Waals surface area contributed by atoms with Gasteiger partial charge in [0.2, 0.25) is 0 Å². The van der Waals surface area contributed by atoms with E-state index in [0.717, 1.165) is 29.7 Å². The number of ether oxygens (including phenoxy) is 1. The Kier molecular flexibility index (Phi) is 6.76. The van der Waals surface area contributed by atoms with Gasteiger partial charge in [-0.2, -0.15) is 13.2 Å². The van der Waals surface area contributed by atoms with E-state index < -0.39 is 34.3 Å². The lowest BCUT2D eigenvalue weighted by molar-refractivity contribution is -0.136. The second-order valence-corrected chi connectivity index (χ2v) is 12.8. The number of fused-ring (bicyclic) bond motifs is 4. The molecule has 4 saturated carbocycles. The lowest BCUT2D eigenvalue weighted by Crippen LogP contribution is -2.49. The summed E-state index contributed by atoms with van der Waals surface area (Å²) in [4.78, 5) is 19.9. The van der Waals surface area contributed by atoms with Crippen molar-refractivity contribution >= 4 is 40.1 Å². The van der Waals surface area contributed by atoms with Crippen LogP contribution in [0.5, 0.6) is 0 Å². The molecule has 0 unspecified atom stereocenters. The number of rotatable bonds is 7. The number of carboxylic acids is 1. The molecule has 4 aliphatic carbocycles. The van der Waals surface area contributed by atoms with Gasteiger partial charge in [0.05, 0.1) is 38.9 Å². The number of hydrogen-bond acceptors (Lipinski definition) is 6. The Morgan fingerprint density at radius 1 is 1.07 bits per heavy atom. The average Bonchev–Trinajstić information content (AvgIpc) is 3.75. The third kappa shape index (κ3) is 4.87. The third-order valence-corrected chi connectivity index (χ3v) is 10.1. The molecule has 1 N–H and O–H groups in total. The number of aromatic nitrogens is 3. The van der Waals surface area contributed by atoms with E-state index in [9.17, 15) is 23.1 Å². The van der Waals surface area contributed by atoms with Gasteiger partial charge in [-0.15, -0.1) is 0 Å². The summed E-state index contributed by atoms with van der Waals surface area (Å²) in [5.74, 6) is -0.346. The Bertz CT molecular complexity index is 1720. The molecular formula is C31H26Cl2F3N3O4. The van der Waals surface area contributed by atoms with Gasteiger partial charge in [0, 0.05) is 41.0 Å². The number of pyridine rings is 2. The molecule has 43 heavy (non-hydrogen) atoms. The van der Waals surface area contributed by atoms with Crippen LogP contribution < -0.4 is 0 Å². The number of aromatic carboxylic acids is 1. The van der Waals surface area contributed by atoms with Crippen LogP contribution in [-0.4, -0.2) is 31.8 Å². The van der Waals surface area contributed by atoms with Crippen molar-refractivity contribution < 1.29 is 32.3 Å². The lowest BCUT2D eigenvalue weighted by atomic mass is 9.55. The highest BCUT2D eigenvalue weighted by molar-refractivity contribution is 6.38. The smallest absolute Gasteiger partial charge is 0.418 e. The Labute approximate surface area is 254 Å². The van der Waals surface area contributed by atoms with Crippen molar-refractivity contribution in [3.05, 3.63) is 74.8 Å². The molecule has 12 heteroatoms. The first-order valence-corrected chi connectivity index (χ1v) is 14.9. The fourth-order valence-corrected chi connectivity index (χ4v) is 7.56. The minimum Gasteiger partial charge on any atom is -0.478 e. The standard InChI is InChI=1S/C31H26Cl2F3N3O4/c32-22-13-37-14-23(33)24(22)26-19(27(43-39-26)16-1-2-16)15-42-30-7-4-29(5-8-30,6-9-30)20-3-10-38-25-18(20)11-17(28(40)41)12-21(25)31(34,35)36/h3,10-14,16H,1-2,4-9,15H2,(H,40,41). The van der Waals surface area contributed by atoms with Gasteiger partial charge in [-0.25, -0.2) is 4.79 Å². The second kappa shape index (κ2) is 10.2. The van der Waals surface area contributed by atoms with Crippen LogP contribution in [0.3, 0.4) is 0 Å². The second-order valence-electron chi connectivity index (χ2n) is 12.0. The van der Waals surface area contributed by atoms with E-state index >= 15 is 0 Å². The molecule has 3 aromatic heterocycles. The molecule has 0 radical (unpaired) electrons. The first kappa shape index (κ1) is 28.6. The van der Waals surface area contributed by atoms with Crippen LogP contribution in [0, 0.1) is 0 Å². The van der Waals surface area contributed by atoms with Crippen molar-refractivity contribution in [2.24, 2.45) is 0 Å². The Hall–Kier alpha value is -3.21. The molecule has 7 nitrogen and oxygen atoms in total. The highest BCUT2D eigenvalue weighted by atomic mass is 35.5. The van der Waals surface area contributed by atoms with Gasteiger partial charge in [0.25, 0.3) is 0 Å². The van der Waals surface area contributed by atoms with Crippen LogP contribution in [0.15, 0.2) is 41.3 Å². The molecule has 0 atom stereocenters. The minimum atomic E-state index is -4.74. The normalized spacial score (nSPS) is 23.7. The maximum absolute atomic E-state index is 14.0. The number of halogens is 5. The molecule has 0 aliphatic heterocycles. The molecule has 0 spiro atoms. The Morgan fingerprint density at radius 3 is 2.35 bits per heavy atom. The molecule has 1 aromatic carbocycles. The highest BCUT2D eigenvalue weighted by Gasteiger charge is 2.51. The van der Waals surface area contributed by atoms with Crippen LogP contribution in [0.4, 0.5) is 13.2 Å². The highest BCUT2D eigenvalue weighted by Crippen LogP contribution is 2.57. The van der Waals surface area contributed by atoms with Crippen LogP contribution in [0.25, 0.3) is 22.2 Å². The average molecular weight is 632 g/mol. The van der Waals surface area contributed by atoms with E-state index in [1.807, 2.05) is 0 Å². The van der Waals surface area contributed by atoms with Crippen molar-refractivity contribution in [2.75, 3.05) is 0 Å². The van der Waals surface area contributed by atoms with Gasteiger partial charge < -0.3 is 14.4 Å². The zero-order valence-corrected chi connectivity index (χ0v) is 24.3. The van der Waals surface area contributed by atoms with Crippen molar-refractivity contribution in [3.8, 4) is 11.3 Å². The van der Waals surface area contributed by atoms with Crippen LogP contribution in [0.2, 0.25) is 10.0 Å². The van der Waals surface area contributed by atoms with Crippen LogP contribution in [0.1, 0.15) is 90.1 Å². The zero-order chi connectivity index (χ0) is 30.1. The monoisotopic (exact) mass is 631 g/mol. The predicted molar refractivity (Wildman–Crippen MR) is 152 cm³/mol. The summed E-state index contributed by atoms with van der Waals surface area (Å²) in [6.45, 7) is 0.266. The summed E-state index contributed by atoms with van der Waals surface area (Å²) < 4.78 is 54.4. The molecule has 8 rings (SSSR count). The predicted octanol–water partition coefficient (Wildman–Crippen LogP) is 8.75. The third-order valence-electron chi connectivity index (χ3n) is 9.53. The number of nitrogens with zero attached hydrogens (tertiary/aromatic N) is 3. The summed E-state index contributed by atoms with van der Waals surface area (Å²) in [5.41, 5.74) is 0.198. The molecule has 4 aromatic rings. The van der Waals surface area contributed by atoms with E-state index in [1.165, 1.54) is 24.7 Å². The molecular weight excluding hydrogens is 606 g/mol. The minimum absolute atomic E-state index is 0.218. The number of carboxylic acid groups (broad SMARTS) is 1. The van der Waals surface area contributed by atoms with Gasteiger partial charge in [0.1, 0.15) is 11.5 Å². The molecule has 0 saturated heterocycles. The number of alkyl halides is 3. The molecule has 4 aliphatic rings. The van der Waals surface area contributed by atoms with Crippen molar-refractivity contribution in [1.29, 1.82) is 0 Å². The van der Waals surface area contributed by atoms with E-state index in [0.29, 0.717) is 65.9 Å². The molecule has 4 fully saturated rings. The molecule has 0 amide bonds. The summed E-state index contributed by atoms with van der Waals surface area (Å²) in [6.07, 6.45) is 5.90. The van der Waals surface area contributed by atoms with E-state index in [4.69, 9.17) is 32.5 Å². The summed E-state index contributed by atoms with van der Waals surface area (Å²) in [6, 6.07) is 3.75. The van der Waals surface area contributed by atoms with Crippen molar-refractivity contribution in [1.82, 2.24) is 15.1 Å². The van der Waals surface area contributed by atoms with E-state index in [-0.39, 0.29) is 23.4 Å². The lowest BCUT2D eigenvalue weighted by Gasteiger charge is -2.53. The summed E-state index contributed by atoms with van der Waals surface area (Å²) >= 11 is 12.9. The largest absolute Gasteiger partial charge is 0.478 e. The number of hydrogen-bond donors (Lipinski definition) is 1. The summed E-state index contributed by atoms with van der Waals surface area (Å²) in [5, 5.41) is 14.9. The van der Waals surface area contributed by atoms with Gasteiger partial charge >= 0.3 is 12.1 Å². The molecule has 3 heterocycles. The first-order chi connectivity index (χ1) is 20.5. The zero-order valence-electron chi connectivity index (χ0n) is 22.8. The van der Waals surface area contributed by atoms with Crippen molar-refractivity contribution in [3.63, 3.8) is 0 Å². The maximum Gasteiger partial charge on any atom is 0.418 e. The SMILES string of the molecule is O=C(O)c1cc(C(F)(F)F)c2nccc(C34CCC(OCc5c(-c6c(Cl)cncc6Cl)noc5C5CC5)(CC3)CC4)c2c1. The van der Waals surface area contributed by atoms with E-state index in [1.54, 1.807) is 6.07 Å². The molecule has 224 valence electrons. The maximum atomic E-state index is 14.0.